The number of amides is 3. The van der Waals surface area contributed by atoms with Crippen LogP contribution >= 0.6 is 23.5 Å². The quantitative estimate of drug-likeness (QED) is 0.688. The van der Waals surface area contributed by atoms with Gasteiger partial charge in [0.05, 0.1) is 10.00 Å². The Morgan fingerprint density at radius 1 is 1.04 bits per heavy atom. The van der Waals surface area contributed by atoms with E-state index in [-0.39, 0.29) is 17.9 Å². The van der Waals surface area contributed by atoms with Crippen molar-refractivity contribution in [3.05, 3.63) is 0 Å². The first kappa shape index (κ1) is 20.8. The summed E-state index contributed by atoms with van der Waals surface area (Å²) in [5, 5.41) is 4.81. The third-order valence-electron chi connectivity index (χ3n) is 5.77. The molecule has 8 heteroatoms. The van der Waals surface area contributed by atoms with E-state index in [4.69, 9.17) is 4.74 Å². The van der Waals surface area contributed by atoms with Crippen molar-refractivity contribution >= 4 is 41.4 Å². The number of urea groups is 1. The molecule has 0 radical (unpaired) electrons. The van der Waals surface area contributed by atoms with Gasteiger partial charge in [0.15, 0.2) is 6.10 Å². The number of carbonyl (C=O) groups is 3. The number of ether oxygens (including phenoxy) is 1. The van der Waals surface area contributed by atoms with Gasteiger partial charge in [0.1, 0.15) is 0 Å². The molecular weight excluding hydrogens is 384 g/mol. The van der Waals surface area contributed by atoms with Crippen molar-refractivity contribution in [1.82, 2.24) is 10.6 Å². The van der Waals surface area contributed by atoms with E-state index in [2.05, 4.69) is 34.2 Å². The Hall–Kier alpha value is -0.890. The molecule has 3 rings (SSSR count). The number of hydrogen-bond acceptors (Lipinski definition) is 6. The van der Waals surface area contributed by atoms with Crippen LogP contribution in [0.25, 0.3) is 0 Å². The maximum atomic E-state index is 12.7. The maximum Gasteiger partial charge on any atom is 0.321 e. The molecule has 3 fully saturated rings. The third-order valence-corrected chi connectivity index (χ3v) is 9.79. The molecule has 1 unspecified atom stereocenters. The van der Waals surface area contributed by atoms with Crippen LogP contribution in [0.15, 0.2) is 0 Å². The fourth-order valence-electron chi connectivity index (χ4n) is 4.64. The fraction of sp³-hybridized carbons (Fsp3) is 0.842. The summed E-state index contributed by atoms with van der Waals surface area (Å²) in [5.41, 5.74) is 0. The molecular formula is C19H30N2O4S2. The zero-order valence-electron chi connectivity index (χ0n) is 16.3. The van der Waals surface area contributed by atoms with Crippen LogP contribution in [0.1, 0.15) is 52.9 Å². The zero-order chi connectivity index (χ0) is 19.6. The van der Waals surface area contributed by atoms with E-state index in [0.29, 0.717) is 15.9 Å². The van der Waals surface area contributed by atoms with Crippen molar-refractivity contribution in [2.45, 2.75) is 69.1 Å². The lowest BCUT2D eigenvalue weighted by Crippen LogP contribution is -2.49. The molecule has 1 saturated heterocycles. The Balaban J connectivity index is 1.54. The summed E-state index contributed by atoms with van der Waals surface area (Å²) in [4.78, 5) is 36.4. The first-order valence-corrected chi connectivity index (χ1v) is 11.9. The summed E-state index contributed by atoms with van der Waals surface area (Å²) in [6, 6.07) is -0.640. The number of nitrogens with one attached hydrogen (secondary N) is 2. The van der Waals surface area contributed by atoms with Crippen LogP contribution in [-0.4, -0.2) is 45.6 Å². The van der Waals surface area contributed by atoms with Crippen LogP contribution in [0.3, 0.4) is 0 Å². The van der Waals surface area contributed by atoms with Gasteiger partial charge in [0.2, 0.25) is 0 Å². The van der Waals surface area contributed by atoms with Crippen LogP contribution < -0.4 is 10.6 Å². The predicted octanol–water partition coefficient (Wildman–Crippen LogP) is 3.15. The third kappa shape index (κ3) is 4.58. The van der Waals surface area contributed by atoms with Gasteiger partial charge < -0.3 is 10.1 Å². The molecule has 2 N–H and O–H groups in total. The molecule has 2 saturated carbocycles. The fourth-order valence-corrected chi connectivity index (χ4v) is 8.57. The minimum atomic E-state index is -0.971. The summed E-state index contributed by atoms with van der Waals surface area (Å²) in [7, 11) is 0. The minimum Gasteiger partial charge on any atom is -0.452 e. The van der Waals surface area contributed by atoms with Gasteiger partial charge in [0.25, 0.3) is 5.91 Å². The highest BCUT2D eigenvalue weighted by Crippen LogP contribution is 2.64. The SMILES string of the molecule is CC(C)NC(=O)NC(=O)[C@H](C)OC(=O)C1C[C@H]2CCC[C@@H](C1)C21SCCS1. The van der Waals surface area contributed by atoms with E-state index in [0.717, 1.165) is 12.8 Å². The van der Waals surface area contributed by atoms with Gasteiger partial charge in [-0.25, -0.2) is 4.79 Å². The smallest absolute Gasteiger partial charge is 0.321 e. The second kappa shape index (κ2) is 8.64. The van der Waals surface area contributed by atoms with Gasteiger partial charge in [-0.1, -0.05) is 6.42 Å². The minimum absolute atomic E-state index is 0.0732. The van der Waals surface area contributed by atoms with Gasteiger partial charge in [0, 0.05) is 17.5 Å². The van der Waals surface area contributed by atoms with E-state index >= 15 is 0 Å². The molecule has 3 aliphatic rings. The number of carbonyl (C=O) groups excluding carboxylic acids is 3. The molecule has 2 aliphatic carbocycles. The van der Waals surface area contributed by atoms with Crippen molar-refractivity contribution in [3.8, 4) is 0 Å². The second-order valence-corrected chi connectivity index (χ2v) is 11.1. The van der Waals surface area contributed by atoms with E-state index in [1.165, 1.54) is 37.7 Å². The standard InChI is InChI=1S/C19H30N2O4S2/c1-11(2)20-18(24)21-16(22)12(3)25-17(23)13-9-14-5-4-6-15(10-13)19(14)26-7-8-27-19/h11-15H,4-10H2,1-3H3,(H2,20,21,22,24)/t12-,13?,14-,15+/m0/s1. The van der Waals surface area contributed by atoms with Crippen molar-refractivity contribution in [2.75, 3.05) is 11.5 Å². The Bertz CT molecular complexity index is 576. The topological polar surface area (TPSA) is 84.5 Å². The summed E-state index contributed by atoms with van der Waals surface area (Å²) in [6.07, 6.45) is 4.37. The summed E-state index contributed by atoms with van der Waals surface area (Å²) in [6.45, 7) is 5.13. The highest BCUT2D eigenvalue weighted by molar-refractivity contribution is 8.21. The van der Waals surface area contributed by atoms with Gasteiger partial charge in [-0.2, -0.15) is 0 Å². The van der Waals surface area contributed by atoms with Crippen molar-refractivity contribution in [2.24, 2.45) is 17.8 Å². The largest absolute Gasteiger partial charge is 0.452 e. The average Bonchev–Trinajstić information content (AvgIpc) is 3.03. The molecule has 1 spiro atoms. The van der Waals surface area contributed by atoms with E-state index in [1.807, 2.05) is 0 Å². The molecule has 0 aromatic rings. The Kier molecular flexibility index (Phi) is 6.66. The maximum absolute atomic E-state index is 12.7. The molecule has 0 aromatic heterocycles. The number of imide groups is 1. The van der Waals surface area contributed by atoms with Gasteiger partial charge in [-0.05, 0) is 58.3 Å². The lowest BCUT2D eigenvalue weighted by atomic mass is 9.67. The Morgan fingerprint density at radius 3 is 2.19 bits per heavy atom. The van der Waals surface area contributed by atoms with Gasteiger partial charge in [-0.3, -0.25) is 14.9 Å². The molecule has 1 heterocycles. The van der Waals surface area contributed by atoms with E-state index in [9.17, 15) is 14.4 Å². The van der Waals surface area contributed by atoms with Crippen molar-refractivity contribution < 1.29 is 19.1 Å². The van der Waals surface area contributed by atoms with E-state index < -0.39 is 18.0 Å². The first-order chi connectivity index (χ1) is 12.8. The highest BCUT2D eigenvalue weighted by atomic mass is 32.2. The first-order valence-electron chi connectivity index (χ1n) is 9.91. The van der Waals surface area contributed by atoms with E-state index in [1.54, 1.807) is 13.8 Å². The zero-order valence-corrected chi connectivity index (χ0v) is 17.9. The number of thioether (sulfide) groups is 2. The second-order valence-electron chi connectivity index (χ2n) is 8.11. The molecule has 27 heavy (non-hydrogen) atoms. The molecule has 4 atom stereocenters. The monoisotopic (exact) mass is 414 g/mol. The lowest BCUT2D eigenvalue weighted by Gasteiger charge is -2.51. The molecule has 0 aromatic carbocycles. The number of hydrogen-bond donors (Lipinski definition) is 2. The predicted molar refractivity (Wildman–Crippen MR) is 109 cm³/mol. The van der Waals surface area contributed by atoms with Crippen LogP contribution in [-0.2, 0) is 14.3 Å². The van der Waals surface area contributed by atoms with Gasteiger partial charge in [-0.15, -0.1) is 23.5 Å². The highest BCUT2D eigenvalue weighted by Gasteiger charge is 2.55. The molecule has 1 aliphatic heterocycles. The molecule has 3 amide bonds. The van der Waals surface area contributed by atoms with Gasteiger partial charge >= 0.3 is 12.0 Å². The van der Waals surface area contributed by atoms with Crippen LogP contribution in [0.4, 0.5) is 4.79 Å². The van der Waals surface area contributed by atoms with Crippen LogP contribution in [0, 0.1) is 17.8 Å². The Morgan fingerprint density at radius 2 is 1.63 bits per heavy atom. The summed E-state index contributed by atoms with van der Waals surface area (Å²) >= 11 is 4.21. The summed E-state index contributed by atoms with van der Waals surface area (Å²) in [5.74, 6) is 2.53. The number of rotatable bonds is 4. The lowest BCUT2D eigenvalue weighted by molar-refractivity contribution is -0.161. The normalized spacial score (nSPS) is 30.0. The average molecular weight is 415 g/mol. The van der Waals surface area contributed by atoms with Crippen molar-refractivity contribution in [3.63, 3.8) is 0 Å². The van der Waals surface area contributed by atoms with Crippen LogP contribution in [0.2, 0.25) is 0 Å². The Labute approximate surface area is 169 Å². The summed E-state index contributed by atoms with van der Waals surface area (Å²) < 4.78 is 5.74. The number of esters is 1. The molecule has 6 nitrogen and oxygen atoms in total. The van der Waals surface area contributed by atoms with Crippen LogP contribution in [0.5, 0.6) is 0 Å². The van der Waals surface area contributed by atoms with Crippen molar-refractivity contribution in [1.29, 1.82) is 0 Å². The molecule has 152 valence electrons. The molecule has 2 bridgehead atoms.